The summed E-state index contributed by atoms with van der Waals surface area (Å²) in [5.41, 5.74) is 3.99. The molecule has 0 bridgehead atoms. The van der Waals surface area contributed by atoms with Crippen LogP contribution in [0.2, 0.25) is 0 Å². The summed E-state index contributed by atoms with van der Waals surface area (Å²) in [6.07, 6.45) is 18.8. The molecule has 0 spiro atoms. The van der Waals surface area contributed by atoms with E-state index in [-0.39, 0.29) is 0 Å². The first-order valence-electron chi connectivity index (χ1n) is 12.6. The highest BCUT2D eigenvalue weighted by atomic mass is 16.1. The van der Waals surface area contributed by atoms with Crippen molar-refractivity contribution in [1.82, 2.24) is 4.90 Å². The van der Waals surface area contributed by atoms with Gasteiger partial charge >= 0.3 is 0 Å². The third kappa shape index (κ3) is 3.15. The highest BCUT2D eigenvalue weighted by Gasteiger charge is 2.59. The van der Waals surface area contributed by atoms with Crippen molar-refractivity contribution in [2.75, 3.05) is 13.1 Å². The molecule has 1 aliphatic heterocycles. The van der Waals surface area contributed by atoms with Crippen LogP contribution in [0.1, 0.15) is 91.4 Å². The lowest BCUT2D eigenvalue weighted by molar-refractivity contribution is -0.117. The topological polar surface area (TPSA) is 20.3 Å². The predicted octanol–water partition coefficient (Wildman–Crippen LogP) is 6.52. The molecule has 5 aliphatic rings. The van der Waals surface area contributed by atoms with Crippen LogP contribution in [0.4, 0.5) is 0 Å². The lowest BCUT2D eigenvalue weighted by atomic mass is 9.46. The highest BCUT2D eigenvalue weighted by Crippen LogP contribution is 2.67. The van der Waals surface area contributed by atoms with Gasteiger partial charge in [0.05, 0.1) is 0 Å². The van der Waals surface area contributed by atoms with Crippen LogP contribution < -0.4 is 0 Å². The summed E-state index contributed by atoms with van der Waals surface area (Å²) in [6.45, 7) is 10.1. The number of likely N-dealkylation sites (tertiary alicyclic amines) is 1. The number of carbonyl (C=O) groups is 1. The van der Waals surface area contributed by atoms with Crippen LogP contribution in [0.3, 0.4) is 0 Å². The Kier molecular flexibility index (Phi) is 4.99. The maximum atomic E-state index is 12.0. The van der Waals surface area contributed by atoms with Gasteiger partial charge in [-0.2, -0.15) is 0 Å². The fourth-order valence-corrected chi connectivity index (χ4v) is 8.73. The van der Waals surface area contributed by atoms with E-state index >= 15 is 0 Å². The van der Waals surface area contributed by atoms with E-state index in [1.54, 1.807) is 5.57 Å². The molecule has 1 heterocycles. The molecule has 6 atom stereocenters. The molecule has 29 heavy (non-hydrogen) atoms. The Labute approximate surface area is 178 Å². The normalized spacial score (nSPS) is 45.3. The third-order valence-electron chi connectivity index (χ3n) is 10.3. The van der Waals surface area contributed by atoms with Gasteiger partial charge in [0.15, 0.2) is 5.78 Å². The zero-order valence-corrected chi connectivity index (χ0v) is 19.0. The number of piperidine rings is 1. The molecule has 0 amide bonds. The van der Waals surface area contributed by atoms with E-state index in [1.165, 1.54) is 76.5 Å². The minimum Gasteiger partial charge on any atom is -0.377 e. The minimum absolute atomic E-state index is 0.314. The van der Waals surface area contributed by atoms with Crippen molar-refractivity contribution >= 4 is 5.78 Å². The number of rotatable bonds is 2. The summed E-state index contributed by atoms with van der Waals surface area (Å²) in [6, 6.07) is 0. The molecule has 4 fully saturated rings. The van der Waals surface area contributed by atoms with Gasteiger partial charge in [0, 0.05) is 19.5 Å². The number of hydrogen-bond donors (Lipinski definition) is 0. The molecule has 2 heteroatoms. The smallest absolute Gasteiger partial charge is 0.155 e. The molecular formula is C27H41NO. The van der Waals surface area contributed by atoms with Crippen LogP contribution in [0.15, 0.2) is 23.4 Å². The standard InChI is InChI=1S/C27H41NO/c1-19(18-28-15-5-4-6-16-28)23-9-10-24-22-8-7-20-17-21(29)11-13-26(20,2)25(22)12-14-27(23,24)3/h17-18,22-25H,4-16H2,1-3H3. The van der Waals surface area contributed by atoms with Crippen molar-refractivity contribution in [1.29, 1.82) is 0 Å². The SMILES string of the molecule is CC(=CN1CCCCC1)C1CCC2C3CCC4=CC(=O)CCC4(C)C3CCC12C. The summed E-state index contributed by atoms with van der Waals surface area (Å²) < 4.78 is 0. The van der Waals surface area contributed by atoms with Gasteiger partial charge in [-0.3, -0.25) is 4.79 Å². The maximum absolute atomic E-state index is 12.0. The van der Waals surface area contributed by atoms with Gasteiger partial charge in [-0.25, -0.2) is 0 Å². The second-order valence-corrected chi connectivity index (χ2v) is 11.6. The van der Waals surface area contributed by atoms with Crippen LogP contribution >= 0.6 is 0 Å². The predicted molar refractivity (Wildman–Crippen MR) is 119 cm³/mol. The van der Waals surface area contributed by atoms with E-state index in [2.05, 4.69) is 37.9 Å². The van der Waals surface area contributed by atoms with Crippen LogP contribution in [0.5, 0.6) is 0 Å². The third-order valence-corrected chi connectivity index (χ3v) is 10.3. The molecule has 2 nitrogen and oxygen atoms in total. The van der Waals surface area contributed by atoms with E-state index in [9.17, 15) is 4.79 Å². The first-order chi connectivity index (χ1) is 13.9. The fourth-order valence-electron chi connectivity index (χ4n) is 8.73. The highest BCUT2D eigenvalue weighted by molar-refractivity contribution is 5.91. The molecule has 5 rings (SSSR count). The Balaban J connectivity index is 1.38. The van der Waals surface area contributed by atoms with Gasteiger partial charge in [-0.05, 0) is 118 Å². The van der Waals surface area contributed by atoms with Crippen LogP contribution in [0, 0.1) is 34.5 Å². The van der Waals surface area contributed by atoms with E-state index in [0.29, 0.717) is 16.6 Å². The second-order valence-electron chi connectivity index (χ2n) is 11.6. The Morgan fingerprint density at radius 1 is 1.00 bits per heavy atom. The maximum Gasteiger partial charge on any atom is 0.155 e. The van der Waals surface area contributed by atoms with Crippen LogP contribution in [-0.2, 0) is 4.79 Å². The molecule has 0 radical (unpaired) electrons. The molecule has 0 aromatic carbocycles. The molecule has 6 unspecified atom stereocenters. The Bertz CT molecular complexity index is 729. The molecule has 3 saturated carbocycles. The summed E-state index contributed by atoms with van der Waals surface area (Å²) in [5, 5.41) is 0. The Morgan fingerprint density at radius 3 is 2.59 bits per heavy atom. The van der Waals surface area contributed by atoms with Gasteiger partial charge < -0.3 is 4.90 Å². The first kappa shape index (κ1) is 19.9. The monoisotopic (exact) mass is 395 g/mol. The Hall–Kier alpha value is -1.05. The van der Waals surface area contributed by atoms with Gasteiger partial charge in [0.1, 0.15) is 0 Å². The number of hydrogen-bond acceptors (Lipinski definition) is 2. The van der Waals surface area contributed by atoms with Crippen molar-refractivity contribution in [2.24, 2.45) is 34.5 Å². The average molecular weight is 396 g/mol. The van der Waals surface area contributed by atoms with E-state index in [1.807, 2.05) is 0 Å². The fraction of sp³-hybridized carbons (Fsp3) is 0.815. The number of nitrogens with zero attached hydrogens (tertiary/aromatic N) is 1. The summed E-state index contributed by atoms with van der Waals surface area (Å²) in [4.78, 5) is 14.7. The molecular weight excluding hydrogens is 354 g/mol. The van der Waals surface area contributed by atoms with Gasteiger partial charge in [0.2, 0.25) is 0 Å². The van der Waals surface area contributed by atoms with Crippen molar-refractivity contribution in [3.63, 3.8) is 0 Å². The van der Waals surface area contributed by atoms with Gasteiger partial charge in [-0.15, -0.1) is 0 Å². The molecule has 1 saturated heterocycles. The van der Waals surface area contributed by atoms with E-state index in [0.717, 1.165) is 36.5 Å². The van der Waals surface area contributed by atoms with Crippen molar-refractivity contribution in [3.05, 3.63) is 23.4 Å². The molecule has 0 aromatic heterocycles. The summed E-state index contributed by atoms with van der Waals surface area (Å²) in [5.74, 6) is 3.77. The number of ketones is 1. The largest absolute Gasteiger partial charge is 0.377 e. The lowest BCUT2D eigenvalue weighted by Gasteiger charge is -2.58. The number of fused-ring (bicyclic) bond motifs is 5. The molecule has 0 N–H and O–H groups in total. The quantitative estimate of drug-likeness (QED) is 0.530. The van der Waals surface area contributed by atoms with E-state index < -0.39 is 0 Å². The zero-order valence-electron chi connectivity index (χ0n) is 19.0. The first-order valence-corrected chi connectivity index (χ1v) is 12.6. The second kappa shape index (κ2) is 7.27. The molecule has 4 aliphatic carbocycles. The molecule has 160 valence electrons. The van der Waals surface area contributed by atoms with Crippen molar-refractivity contribution < 1.29 is 4.79 Å². The van der Waals surface area contributed by atoms with Gasteiger partial charge in [-0.1, -0.05) is 25.0 Å². The zero-order chi connectivity index (χ0) is 20.2. The summed E-state index contributed by atoms with van der Waals surface area (Å²) >= 11 is 0. The van der Waals surface area contributed by atoms with Crippen LogP contribution in [0.25, 0.3) is 0 Å². The summed E-state index contributed by atoms with van der Waals surface area (Å²) in [7, 11) is 0. The average Bonchev–Trinajstić information content (AvgIpc) is 3.06. The number of allylic oxidation sites excluding steroid dienone is 2. The number of carbonyl (C=O) groups excluding carboxylic acids is 1. The van der Waals surface area contributed by atoms with Crippen molar-refractivity contribution in [3.8, 4) is 0 Å². The Morgan fingerprint density at radius 2 is 1.79 bits per heavy atom. The van der Waals surface area contributed by atoms with E-state index in [4.69, 9.17) is 0 Å². The lowest BCUT2D eigenvalue weighted by Crippen LogP contribution is -2.50. The molecule has 0 aromatic rings. The van der Waals surface area contributed by atoms with Crippen molar-refractivity contribution in [2.45, 2.75) is 91.4 Å². The minimum atomic E-state index is 0.314. The van der Waals surface area contributed by atoms with Gasteiger partial charge in [0.25, 0.3) is 0 Å². The van der Waals surface area contributed by atoms with Crippen LogP contribution in [-0.4, -0.2) is 23.8 Å².